The fraction of sp³-hybridized carbons (Fsp3) is 0.250. The van der Waals surface area contributed by atoms with Crippen LogP contribution >= 0.6 is 0 Å². The second-order valence-electron chi connectivity index (χ2n) is 3.84. The van der Waals surface area contributed by atoms with E-state index < -0.39 is 5.92 Å². The largest absolute Gasteiger partial charge is 0.333 e. The highest BCUT2D eigenvalue weighted by Crippen LogP contribution is 2.34. The molecule has 0 fully saturated rings. The van der Waals surface area contributed by atoms with E-state index in [1.165, 1.54) is 29.1 Å². The minimum Gasteiger partial charge on any atom is -0.333 e. The number of alkyl halides is 2. The number of halogens is 2. The van der Waals surface area contributed by atoms with E-state index in [0.717, 1.165) is 0 Å². The maximum Gasteiger partial charge on any atom is 0.330 e. The van der Waals surface area contributed by atoms with E-state index in [4.69, 9.17) is 5.73 Å². The Morgan fingerprint density at radius 3 is 2.76 bits per heavy atom. The lowest BCUT2D eigenvalue weighted by molar-refractivity contribution is 0.0299. The van der Waals surface area contributed by atoms with Crippen LogP contribution in [0.4, 0.5) is 8.78 Å². The maximum atomic E-state index is 14.2. The van der Waals surface area contributed by atoms with E-state index in [1.54, 1.807) is 19.2 Å². The Morgan fingerprint density at radius 1 is 1.41 bits per heavy atom. The highest BCUT2D eigenvalue weighted by atomic mass is 19.3. The molecule has 0 aliphatic carbocycles. The summed E-state index contributed by atoms with van der Waals surface area (Å²) in [7, 11) is 1.54. The first-order valence-corrected chi connectivity index (χ1v) is 5.21. The quantitative estimate of drug-likeness (QED) is 0.887. The van der Waals surface area contributed by atoms with Crippen molar-refractivity contribution in [3.63, 3.8) is 0 Å². The van der Waals surface area contributed by atoms with Crippen molar-refractivity contribution in [2.75, 3.05) is 0 Å². The van der Waals surface area contributed by atoms with Gasteiger partial charge in [0.1, 0.15) is 0 Å². The number of hydrogen-bond donors (Lipinski definition) is 1. The monoisotopic (exact) mass is 237 g/mol. The fourth-order valence-electron chi connectivity index (χ4n) is 1.69. The molecule has 3 nitrogen and oxygen atoms in total. The lowest BCUT2D eigenvalue weighted by Gasteiger charge is -2.17. The van der Waals surface area contributed by atoms with Gasteiger partial charge in [0.25, 0.3) is 0 Å². The second-order valence-corrected chi connectivity index (χ2v) is 3.84. The van der Waals surface area contributed by atoms with Crippen molar-refractivity contribution in [2.24, 2.45) is 12.8 Å². The Bertz CT molecular complexity index is 520. The summed E-state index contributed by atoms with van der Waals surface area (Å²) in [5.41, 5.74) is 6.03. The molecule has 0 atom stereocenters. The van der Waals surface area contributed by atoms with Gasteiger partial charge in [0.15, 0.2) is 5.82 Å². The summed E-state index contributed by atoms with van der Waals surface area (Å²) in [4.78, 5) is 3.70. The van der Waals surface area contributed by atoms with Crippen molar-refractivity contribution in [1.29, 1.82) is 0 Å². The van der Waals surface area contributed by atoms with Crippen molar-refractivity contribution >= 4 is 0 Å². The first-order chi connectivity index (χ1) is 8.05. The van der Waals surface area contributed by atoms with Gasteiger partial charge in [0.05, 0.1) is 0 Å². The van der Waals surface area contributed by atoms with E-state index in [9.17, 15) is 8.78 Å². The van der Waals surface area contributed by atoms with Gasteiger partial charge in [-0.15, -0.1) is 0 Å². The molecular weight excluding hydrogens is 224 g/mol. The third-order valence-electron chi connectivity index (χ3n) is 2.63. The van der Waals surface area contributed by atoms with Crippen LogP contribution in [0, 0.1) is 0 Å². The Labute approximate surface area is 97.9 Å². The normalized spacial score (nSPS) is 11.8. The van der Waals surface area contributed by atoms with Crippen LogP contribution in [0.15, 0.2) is 36.7 Å². The summed E-state index contributed by atoms with van der Waals surface area (Å²) in [6.07, 6.45) is 2.85. The zero-order valence-corrected chi connectivity index (χ0v) is 9.40. The third-order valence-corrected chi connectivity index (χ3v) is 2.63. The van der Waals surface area contributed by atoms with Crippen molar-refractivity contribution < 1.29 is 8.78 Å². The van der Waals surface area contributed by atoms with Gasteiger partial charge in [-0.25, -0.2) is 4.98 Å². The standard InChI is InChI=1S/C12H13F2N3/c1-17-6-5-16-11(17)12(13,14)10-4-2-3-9(7-10)8-15/h2-7H,8,15H2,1H3. The van der Waals surface area contributed by atoms with E-state index in [-0.39, 0.29) is 17.9 Å². The number of imidazole rings is 1. The molecule has 0 spiro atoms. The van der Waals surface area contributed by atoms with Gasteiger partial charge in [-0.2, -0.15) is 8.78 Å². The predicted octanol–water partition coefficient (Wildman–Crippen LogP) is 2.02. The first-order valence-electron chi connectivity index (χ1n) is 5.21. The lowest BCUT2D eigenvalue weighted by atomic mass is 10.0. The highest BCUT2D eigenvalue weighted by Gasteiger charge is 2.38. The maximum absolute atomic E-state index is 14.2. The number of nitrogens with two attached hydrogens (primary N) is 1. The van der Waals surface area contributed by atoms with Crippen molar-refractivity contribution in [3.05, 3.63) is 53.6 Å². The predicted molar refractivity (Wildman–Crippen MR) is 60.5 cm³/mol. The minimum atomic E-state index is -3.11. The van der Waals surface area contributed by atoms with Crippen LogP contribution in [0.5, 0.6) is 0 Å². The molecule has 5 heteroatoms. The fourth-order valence-corrected chi connectivity index (χ4v) is 1.69. The lowest BCUT2D eigenvalue weighted by Crippen LogP contribution is -2.20. The Morgan fingerprint density at radius 2 is 2.18 bits per heavy atom. The van der Waals surface area contributed by atoms with E-state index in [1.807, 2.05) is 0 Å². The van der Waals surface area contributed by atoms with Crippen molar-refractivity contribution in [3.8, 4) is 0 Å². The van der Waals surface area contributed by atoms with Crippen LogP contribution in [0.25, 0.3) is 0 Å². The van der Waals surface area contributed by atoms with Crippen LogP contribution in [0.3, 0.4) is 0 Å². The average molecular weight is 237 g/mol. The molecule has 1 aromatic heterocycles. The molecule has 90 valence electrons. The van der Waals surface area contributed by atoms with Gasteiger partial charge in [-0.05, 0) is 11.6 Å². The highest BCUT2D eigenvalue weighted by molar-refractivity contribution is 5.31. The van der Waals surface area contributed by atoms with Crippen LogP contribution < -0.4 is 5.73 Å². The molecule has 0 radical (unpaired) electrons. The number of hydrogen-bond acceptors (Lipinski definition) is 2. The molecule has 0 saturated carbocycles. The summed E-state index contributed by atoms with van der Waals surface area (Å²) < 4.78 is 29.7. The molecule has 1 heterocycles. The van der Waals surface area contributed by atoms with Crippen LogP contribution in [-0.2, 0) is 19.5 Å². The van der Waals surface area contributed by atoms with Crippen LogP contribution in [-0.4, -0.2) is 9.55 Å². The van der Waals surface area contributed by atoms with Crippen LogP contribution in [0.2, 0.25) is 0 Å². The Kier molecular flexibility index (Phi) is 2.93. The molecule has 2 aromatic rings. The van der Waals surface area contributed by atoms with Gasteiger partial charge in [0.2, 0.25) is 0 Å². The SMILES string of the molecule is Cn1ccnc1C(F)(F)c1cccc(CN)c1. The van der Waals surface area contributed by atoms with Gasteiger partial charge < -0.3 is 10.3 Å². The van der Waals surface area contributed by atoms with Gasteiger partial charge in [0, 0.05) is 31.5 Å². The summed E-state index contributed by atoms with van der Waals surface area (Å²) in [6.45, 7) is 0.241. The second kappa shape index (κ2) is 4.25. The number of nitrogens with zero attached hydrogens (tertiary/aromatic N) is 2. The van der Waals surface area contributed by atoms with Gasteiger partial charge in [-0.1, -0.05) is 18.2 Å². The zero-order chi connectivity index (χ0) is 12.5. The van der Waals surface area contributed by atoms with Crippen LogP contribution in [0.1, 0.15) is 17.0 Å². The van der Waals surface area contributed by atoms with Gasteiger partial charge >= 0.3 is 5.92 Å². The average Bonchev–Trinajstić information content (AvgIpc) is 2.76. The number of aryl methyl sites for hydroxylation is 1. The smallest absolute Gasteiger partial charge is 0.330 e. The molecule has 0 amide bonds. The minimum absolute atomic E-state index is 0.0882. The first kappa shape index (κ1) is 11.7. The molecular formula is C12H13F2N3. The number of rotatable bonds is 3. The molecule has 2 rings (SSSR count). The molecule has 0 aliphatic heterocycles. The topological polar surface area (TPSA) is 43.8 Å². The van der Waals surface area contributed by atoms with E-state index in [0.29, 0.717) is 5.56 Å². The van der Waals surface area contributed by atoms with Crippen molar-refractivity contribution in [2.45, 2.75) is 12.5 Å². The summed E-state index contributed by atoms with van der Waals surface area (Å²) in [5.74, 6) is -3.38. The molecule has 0 unspecified atom stereocenters. The van der Waals surface area contributed by atoms with E-state index >= 15 is 0 Å². The van der Waals surface area contributed by atoms with Gasteiger partial charge in [-0.3, -0.25) is 0 Å². The molecule has 0 aliphatic rings. The summed E-state index contributed by atoms with van der Waals surface area (Å²) >= 11 is 0. The summed E-state index contributed by atoms with van der Waals surface area (Å²) in [6, 6.07) is 6.09. The molecule has 2 N–H and O–H groups in total. The summed E-state index contributed by atoms with van der Waals surface area (Å²) in [5, 5.41) is 0. The third kappa shape index (κ3) is 2.06. The molecule has 1 aromatic carbocycles. The Hall–Kier alpha value is -1.75. The molecule has 0 bridgehead atoms. The number of aromatic nitrogens is 2. The zero-order valence-electron chi connectivity index (χ0n) is 9.40. The molecule has 17 heavy (non-hydrogen) atoms. The van der Waals surface area contributed by atoms with Crippen molar-refractivity contribution in [1.82, 2.24) is 9.55 Å². The molecule has 0 saturated heterocycles. The Balaban J connectivity index is 2.47. The van der Waals surface area contributed by atoms with E-state index in [2.05, 4.69) is 4.98 Å². The number of benzene rings is 1.